The maximum Gasteiger partial charge on any atom is 0.194 e. The molecule has 2 nitrogen and oxygen atoms in total. The van der Waals surface area contributed by atoms with Crippen LogP contribution in [-0.2, 0) is 0 Å². The molecule has 0 saturated carbocycles. The summed E-state index contributed by atoms with van der Waals surface area (Å²) in [5.41, 5.74) is 0. The molecule has 1 aromatic carbocycles. The number of nitrogens with zero attached hydrogens (tertiary/aromatic N) is 1. The van der Waals surface area contributed by atoms with Gasteiger partial charge in [-0.15, -0.1) is 0 Å². The summed E-state index contributed by atoms with van der Waals surface area (Å²) in [6, 6.07) is 0.552. The van der Waals surface area contributed by atoms with E-state index in [1.807, 2.05) is 0 Å². The number of piperazine rings is 1. The fourth-order valence-electron chi connectivity index (χ4n) is 1.30. The van der Waals surface area contributed by atoms with Crippen LogP contribution in [-0.4, -0.2) is 38.1 Å². The van der Waals surface area contributed by atoms with E-state index in [1.165, 1.54) is 13.1 Å². The van der Waals surface area contributed by atoms with Gasteiger partial charge in [-0.1, -0.05) is 7.43 Å². The zero-order valence-corrected chi connectivity index (χ0v) is 9.44. The first-order valence-electron chi connectivity index (χ1n) is 5.20. The van der Waals surface area contributed by atoms with Gasteiger partial charge in [-0.05, 0) is 7.05 Å². The van der Waals surface area contributed by atoms with Crippen molar-refractivity contribution in [1.29, 1.82) is 0 Å². The van der Waals surface area contributed by atoms with E-state index in [1.54, 1.807) is 0 Å². The Morgan fingerprint density at radius 3 is 1.78 bits per heavy atom. The van der Waals surface area contributed by atoms with Gasteiger partial charge in [0, 0.05) is 38.3 Å². The molecule has 0 aromatic heterocycles. The molecule has 0 amide bonds. The molecular weight excluding hydrogens is 248 g/mol. The van der Waals surface area contributed by atoms with E-state index < -0.39 is 23.3 Å². The summed E-state index contributed by atoms with van der Waals surface area (Å²) in [5, 5.41) is 3.27. The minimum absolute atomic E-state index is 0. The van der Waals surface area contributed by atoms with Crippen LogP contribution in [0.25, 0.3) is 0 Å². The largest absolute Gasteiger partial charge is 0.314 e. The highest BCUT2D eigenvalue weighted by Gasteiger charge is 2.09. The van der Waals surface area contributed by atoms with E-state index in [-0.39, 0.29) is 19.6 Å². The van der Waals surface area contributed by atoms with Crippen LogP contribution < -0.4 is 5.32 Å². The first kappa shape index (κ1) is 16.9. The molecule has 1 aliphatic rings. The smallest absolute Gasteiger partial charge is 0.194 e. The van der Waals surface area contributed by atoms with Gasteiger partial charge >= 0.3 is 0 Å². The molecule has 0 unspecified atom stereocenters. The summed E-state index contributed by atoms with van der Waals surface area (Å²) in [6.45, 7) is 4.74. The number of benzene rings is 1. The van der Waals surface area contributed by atoms with Gasteiger partial charge in [-0.3, -0.25) is 0 Å². The molecule has 18 heavy (non-hydrogen) atoms. The third kappa shape index (κ3) is 5.46. The number of rotatable bonds is 0. The molecule has 0 bridgehead atoms. The summed E-state index contributed by atoms with van der Waals surface area (Å²) in [5.74, 6) is -5.81. The first-order chi connectivity index (χ1) is 8.00. The molecule has 1 aromatic rings. The van der Waals surface area contributed by atoms with Crippen LogP contribution in [0.15, 0.2) is 12.1 Å². The predicted octanol–water partition coefficient (Wildman–Crippen LogP) is 2.40. The van der Waals surface area contributed by atoms with Crippen LogP contribution in [0.4, 0.5) is 17.6 Å². The van der Waals surface area contributed by atoms with E-state index in [2.05, 4.69) is 17.3 Å². The summed E-state index contributed by atoms with van der Waals surface area (Å²) in [7, 11) is 2.15. The van der Waals surface area contributed by atoms with E-state index in [9.17, 15) is 17.6 Å². The summed E-state index contributed by atoms with van der Waals surface area (Å²) in [4.78, 5) is 2.33. The highest BCUT2D eigenvalue weighted by molar-refractivity contribution is 5.10. The lowest BCUT2D eigenvalue weighted by Crippen LogP contribution is -2.40. The predicted molar refractivity (Wildman–Crippen MR) is 63.4 cm³/mol. The Bertz CT molecular complexity index is 342. The van der Waals surface area contributed by atoms with E-state index in [0.717, 1.165) is 13.1 Å². The molecule has 6 heteroatoms. The van der Waals surface area contributed by atoms with Crippen LogP contribution in [0.2, 0.25) is 0 Å². The number of likely N-dealkylation sites (N-methyl/N-ethyl adjacent to an activating group) is 1. The van der Waals surface area contributed by atoms with Gasteiger partial charge in [-0.25, -0.2) is 17.6 Å². The van der Waals surface area contributed by atoms with Crippen molar-refractivity contribution < 1.29 is 17.6 Å². The van der Waals surface area contributed by atoms with Gasteiger partial charge in [-0.2, -0.15) is 0 Å². The van der Waals surface area contributed by atoms with Crippen molar-refractivity contribution in [1.82, 2.24) is 10.2 Å². The van der Waals surface area contributed by atoms with Crippen LogP contribution in [0, 0.1) is 23.3 Å². The summed E-state index contributed by atoms with van der Waals surface area (Å²) in [6.07, 6.45) is 0. The lowest BCUT2D eigenvalue weighted by molar-refractivity contribution is 0.291. The molecule has 104 valence electrons. The quantitative estimate of drug-likeness (QED) is 0.441. The van der Waals surface area contributed by atoms with Crippen LogP contribution in [0.1, 0.15) is 7.43 Å². The minimum Gasteiger partial charge on any atom is -0.314 e. The second-order valence-corrected chi connectivity index (χ2v) is 3.74. The van der Waals surface area contributed by atoms with Crippen molar-refractivity contribution in [3.05, 3.63) is 35.4 Å². The SMILES string of the molecule is C.CN1CCNCC1.Fc1cc(F)c(F)c(F)c1. The van der Waals surface area contributed by atoms with Crippen molar-refractivity contribution in [3.63, 3.8) is 0 Å². The van der Waals surface area contributed by atoms with Crippen molar-refractivity contribution >= 4 is 0 Å². The van der Waals surface area contributed by atoms with Crippen LogP contribution >= 0.6 is 0 Å². The van der Waals surface area contributed by atoms with E-state index >= 15 is 0 Å². The van der Waals surface area contributed by atoms with Crippen molar-refractivity contribution in [2.24, 2.45) is 0 Å². The Hall–Kier alpha value is -1.14. The van der Waals surface area contributed by atoms with Crippen LogP contribution in [0.5, 0.6) is 0 Å². The molecule has 0 spiro atoms. The van der Waals surface area contributed by atoms with Gasteiger partial charge in [0.15, 0.2) is 17.5 Å². The maximum atomic E-state index is 12.0. The Morgan fingerprint density at radius 1 is 1.00 bits per heavy atom. The second-order valence-electron chi connectivity index (χ2n) is 3.74. The van der Waals surface area contributed by atoms with E-state index in [0.29, 0.717) is 0 Å². The second kappa shape index (κ2) is 8.05. The minimum atomic E-state index is -1.65. The number of hydrogen-bond acceptors (Lipinski definition) is 2. The highest BCUT2D eigenvalue weighted by atomic mass is 19.2. The topological polar surface area (TPSA) is 15.3 Å². The molecule has 1 fully saturated rings. The first-order valence-corrected chi connectivity index (χ1v) is 5.20. The molecule has 1 saturated heterocycles. The van der Waals surface area contributed by atoms with Crippen LogP contribution in [0.3, 0.4) is 0 Å². The summed E-state index contributed by atoms with van der Waals surface area (Å²) < 4.78 is 47.9. The lowest BCUT2D eigenvalue weighted by Gasteiger charge is -2.21. The maximum absolute atomic E-state index is 12.0. The number of nitrogens with one attached hydrogen (secondary N) is 1. The average molecular weight is 266 g/mol. The standard InChI is InChI=1S/C6H2F4.C5H12N2.CH4/c7-3-1-4(8)6(10)5(9)2-3;1-7-4-2-6-3-5-7;/h1-2H;6H,2-5H2,1H3;1H4. The van der Waals surface area contributed by atoms with Crippen molar-refractivity contribution in [2.75, 3.05) is 33.2 Å². The Kier molecular flexibility index (Phi) is 7.54. The molecule has 1 N–H and O–H groups in total. The zero-order chi connectivity index (χ0) is 12.8. The monoisotopic (exact) mass is 266 g/mol. The third-order valence-electron chi connectivity index (χ3n) is 2.29. The van der Waals surface area contributed by atoms with Gasteiger partial charge < -0.3 is 10.2 Å². The molecule has 1 heterocycles. The van der Waals surface area contributed by atoms with Gasteiger partial charge in [0.05, 0.1) is 0 Å². The summed E-state index contributed by atoms with van der Waals surface area (Å²) >= 11 is 0. The normalized spacial score (nSPS) is 15.4. The fourth-order valence-corrected chi connectivity index (χ4v) is 1.30. The Morgan fingerprint density at radius 2 is 1.44 bits per heavy atom. The lowest BCUT2D eigenvalue weighted by atomic mass is 10.3. The van der Waals surface area contributed by atoms with Crippen molar-refractivity contribution in [2.45, 2.75) is 7.43 Å². The van der Waals surface area contributed by atoms with Gasteiger partial charge in [0.25, 0.3) is 0 Å². The third-order valence-corrected chi connectivity index (χ3v) is 2.29. The number of halogens is 4. The Labute approximate surface area is 105 Å². The van der Waals surface area contributed by atoms with Gasteiger partial charge in [0.2, 0.25) is 0 Å². The molecule has 0 atom stereocenters. The number of hydrogen-bond donors (Lipinski definition) is 1. The molecule has 1 aliphatic heterocycles. The molecule has 2 rings (SSSR count). The molecular formula is C12H18F4N2. The average Bonchev–Trinajstić information content (AvgIpc) is 2.27. The zero-order valence-electron chi connectivity index (χ0n) is 9.44. The molecule has 0 aliphatic carbocycles. The van der Waals surface area contributed by atoms with Gasteiger partial charge in [0.1, 0.15) is 5.82 Å². The highest BCUT2D eigenvalue weighted by Crippen LogP contribution is 2.11. The van der Waals surface area contributed by atoms with Crippen molar-refractivity contribution in [3.8, 4) is 0 Å². The fraction of sp³-hybridized carbons (Fsp3) is 0.500. The Balaban J connectivity index is 0.000000321. The molecule has 0 radical (unpaired) electrons. The van der Waals surface area contributed by atoms with E-state index in [4.69, 9.17) is 0 Å².